The van der Waals surface area contributed by atoms with E-state index in [9.17, 15) is 9.59 Å². The molecule has 0 unspecified atom stereocenters. The van der Waals surface area contributed by atoms with Crippen molar-refractivity contribution in [2.24, 2.45) is 0 Å². The fourth-order valence-corrected chi connectivity index (χ4v) is 3.91. The van der Waals surface area contributed by atoms with Gasteiger partial charge in [0.25, 0.3) is 5.91 Å². The summed E-state index contributed by atoms with van der Waals surface area (Å²) in [6, 6.07) is 15.0. The van der Waals surface area contributed by atoms with E-state index in [1.165, 1.54) is 11.8 Å². The lowest BCUT2D eigenvalue weighted by molar-refractivity contribution is -0.129. The second kappa shape index (κ2) is 9.28. The second-order valence-electron chi connectivity index (χ2n) is 6.14. The minimum Gasteiger partial charge on any atom is -0.497 e. The van der Waals surface area contributed by atoms with E-state index in [1.54, 1.807) is 36.3 Å². The molecule has 1 fully saturated rings. The number of halogens is 1. The zero-order valence-electron chi connectivity index (χ0n) is 15.1. The molecular formula is C20H21BrN2O3S. The normalized spacial score (nSPS) is 14.1. The molecule has 0 bridgehead atoms. The summed E-state index contributed by atoms with van der Waals surface area (Å²) in [5.74, 6) is 1.24. The van der Waals surface area contributed by atoms with Gasteiger partial charge in [-0.2, -0.15) is 0 Å². The van der Waals surface area contributed by atoms with E-state index in [1.807, 2.05) is 29.2 Å². The van der Waals surface area contributed by atoms with Crippen molar-refractivity contribution in [3.05, 3.63) is 58.6 Å². The number of amides is 2. The van der Waals surface area contributed by atoms with Crippen LogP contribution in [0.1, 0.15) is 10.4 Å². The molecule has 1 aliphatic heterocycles. The van der Waals surface area contributed by atoms with Crippen LogP contribution in [0.5, 0.6) is 5.75 Å². The molecule has 0 aliphatic carbocycles. The summed E-state index contributed by atoms with van der Waals surface area (Å²) in [6.45, 7) is 2.25. The molecule has 7 heteroatoms. The van der Waals surface area contributed by atoms with Gasteiger partial charge in [0, 0.05) is 41.1 Å². The Balaban J connectivity index is 1.48. The predicted molar refractivity (Wildman–Crippen MR) is 110 cm³/mol. The van der Waals surface area contributed by atoms with Crippen LogP contribution in [0.3, 0.4) is 0 Å². The number of thioether (sulfide) groups is 1. The summed E-state index contributed by atoms with van der Waals surface area (Å²) < 4.78 is 6.15. The summed E-state index contributed by atoms with van der Waals surface area (Å²) in [6.07, 6.45) is 0. The van der Waals surface area contributed by atoms with Crippen LogP contribution in [0.15, 0.2) is 57.9 Å². The third kappa shape index (κ3) is 5.26. The highest BCUT2D eigenvalue weighted by Crippen LogP contribution is 2.21. The standard InChI is InChI=1S/C20H21BrN2O3S/c1-26-17-6-2-15(3-7-17)20(25)23-12-10-22(11-13-23)19(24)14-27-18-8-4-16(21)5-9-18/h2-9H,10-14H2,1H3. The number of piperazine rings is 1. The number of nitrogens with zero attached hydrogens (tertiary/aromatic N) is 2. The molecule has 142 valence electrons. The molecule has 1 aliphatic rings. The number of hydrogen-bond donors (Lipinski definition) is 0. The maximum atomic E-state index is 12.6. The molecule has 2 aromatic rings. The molecule has 1 saturated heterocycles. The van der Waals surface area contributed by atoms with E-state index >= 15 is 0 Å². The van der Waals surface area contributed by atoms with Gasteiger partial charge in [-0.3, -0.25) is 9.59 Å². The summed E-state index contributed by atoms with van der Waals surface area (Å²) in [5, 5.41) is 0. The minimum absolute atomic E-state index is 0.00557. The summed E-state index contributed by atoms with van der Waals surface area (Å²) in [5.41, 5.74) is 0.640. The lowest BCUT2D eigenvalue weighted by atomic mass is 10.1. The Hall–Kier alpha value is -1.99. The van der Waals surface area contributed by atoms with Gasteiger partial charge in [-0.1, -0.05) is 15.9 Å². The average Bonchev–Trinajstić information content (AvgIpc) is 2.73. The number of rotatable bonds is 5. The summed E-state index contributed by atoms with van der Waals surface area (Å²) >= 11 is 4.94. The van der Waals surface area contributed by atoms with Crippen molar-refractivity contribution < 1.29 is 14.3 Å². The van der Waals surface area contributed by atoms with Gasteiger partial charge in [-0.15, -0.1) is 11.8 Å². The first-order valence-electron chi connectivity index (χ1n) is 8.66. The van der Waals surface area contributed by atoms with Gasteiger partial charge in [-0.05, 0) is 48.5 Å². The van der Waals surface area contributed by atoms with Gasteiger partial charge in [-0.25, -0.2) is 0 Å². The Morgan fingerprint density at radius 1 is 0.963 bits per heavy atom. The van der Waals surface area contributed by atoms with E-state index in [-0.39, 0.29) is 11.8 Å². The second-order valence-corrected chi connectivity index (χ2v) is 8.11. The smallest absolute Gasteiger partial charge is 0.253 e. The third-order valence-electron chi connectivity index (χ3n) is 4.43. The molecular weight excluding hydrogens is 428 g/mol. The van der Waals surface area contributed by atoms with Gasteiger partial charge >= 0.3 is 0 Å². The van der Waals surface area contributed by atoms with Crippen molar-refractivity contribution in [3.63, 3.8) is 0 Å². The Morgan fingerprint density at radius 2 is 1.56 bits per heavy atom. The third-order valence-corrected chi connectivity index (χ3v) is 5.96. The molecule has 5 nitrogen and oxygen atoms in total. The van der Waals surface area contributed by atoms with Crippen molar-refractivity contribution in [1.29, 1.82) is 0 Å². The van der Waals surface area contributed by atoms with E-state index in [2.05, 4.69) is 15.9 Å². The molecule has 1 heterocycles. The quantitative estimate of drug-likeness (QED) is 0.656. The zero-order valence-corrected chi connectivity index (χ0v) is 17.5. The van der Waals surface area contributed by atoms with Crippen molar-refractivity contribution in [2.75, 3.05) is 39.0 Å². The molecule has 3 rings (SSSR count). The molecule has 0 atom stereocenters. The topological polar surface area (TPSA) is 49.9 Å². The van der Waals surface area contributed by atoms with Gasteiger partial charge in [0.05, 0.1) is 12.9 Å². The van der Waals surface area contributed by atoms with Crippen LogP contribution in [-0.2, 0) is 4.79 Å². The molecule has 27 heavy (non-hydrogen) atoms. The van der Waals surface area contributed by atoms with Crippen LogP contribution < -0.4 is 4.74 Å². The van der Waals surface area contributed by atoms with Crippen molar-refractivity contribution >= 4 is 39.5 Å². The maximum absolute atomic E-state index is 12.6. The fourth-order valence-electron chi connectivity index (χ4n) is 2.84. The zero-order chi connectivity index (χ0) is 19.2. The van der Waals surface area contributed by atoms with E-state index in [0.717, 1.165) is 15.1 Å². The summed E-state index contributed by atoms with van der Waals surface area (Å²) in [4.78, 5) is 29.7. The van der Waals surface area contributed by atoms with Gasteiger partial charge < -0.3 is 14.5 Å². The van der Waals surface area contributed by atoms with Gasteiger partial charge in [0.1, 0.15) is 5.75 Å². The van der Waals surface area contributed by atoms with Crippen molar-refractivity contribution in [3.8, 4) is 5.75 Å². The number of methoxy groups -OCH3 is 1. The highest BCUT2D eigenvalue weighted by molar-refractivity contribution is 9.10. The first-order chi connectivity index (χ1) is 13.1. The molecule has 0 N–H and O–H groups in total. The van der Waals surface area contributed by atoms with Gasteiger partial charge in [0.15, 0.2) is 0 Å². The highest BCUT2D eigenvalue weighted by atomic mass is 79.9. The molecule has 0 radical (unpaired) electrons. The Kier molecular flexibility index (Phi) is 6.79. The monoisotopic (exact) mass is 448 g/mol. The van der Waals surface area contributed by atoms with Gasteiger partial charge in [0.2, 0.25) is 5.91 Å². The van der Waals surface area contributed by atoms with Crippen molar-refractivity contribution in [2.45, 2.75) is 4.90 Å². The average molecular weight is 449 g/mol. The SMILES string of the molecule is COc1ccc(C(=O)N2CCN(C(=O)CSc3ccc(Br)cc3)CC2)cc1. The predicted octanol–water partition coefficient (Wildman–Crippen LogP) is 3.53. The van der Waals surface area contributed by atoms with E-state index in [4.69, 9.17) is 4.74 Å². The lowest BCUT2D eigenvalue weighted by Gasteiger charge is -2.34. The number of hydrogen-bond acceptors (Lipinski definition) is 4. The van der Waals surface area contributed by atoms with Crippen LogP contribution in [0, 0.1) is 0 Å². The number of carbonyl (C=O) groups is 2. The molecule has 0 aromatic heterocycles. The van der Waals surface area contributed by atoms with Crippen LogP contribution in [-0.4, -0.2) is 60.7 Å². The van der Waals surface area contributed by atoms with Crippen LogP contribution >= 0.6 is 27.7 Å². The highest BCUT2D eigenvalue weighted by Gasteiger charge is 2.24. The lowest BCUT2D eigenvalue weighted by Crippen LogP contribution is -2.51. The molecule has 0 saturated carbocycles. The first-order valence-corrected chi connectivity index (χ1v) is 10.4. The van der Waals surface area contributed by atoms with E-state index in [0.29, 0.717) is 37.5 Å². The largest absolute Gasteiger partial charge is 0.497 e. The Labute approximate surface area is 171 Å². The summed E-state index contributed by atoms with van der Waals surface area (Å²) in [7, 11) is 1.60. The molecule has 0 spiro atoms. The van der Waals surface area contributed by atoms with Crippen LogP contribution in [0.25, 0.3) is 0 Å². The molecule has 2 aromatic carbocycles. The number of carbonyl (C=O) groups excluding carboxylic acids is 2. The number of benzene rings is 2. The maximum Gasteiger partial charge on any atom is 0.253 e. The first kappa shape index (κ1) is 19.8. The van der Waals surface area contributed by atoms with Crippen LogP contribution in [0.4, 0.5) is 0 Å². The fraction of sp³-hybridized carbons (Fsp3) is 0.300. The van der Waals surface area contributed by atoms with Crippen LogP contribution in [0.2, 0.25) is 0 Å². The molecule has 2 amide bonds. The minimum atomic E-state index is -0.00557. The Morgan fingerprint density at radius 3 is 2.15 bits per heavy atom. The van der Waals surface area contributed by atoms with Crippen molar-refractivity contribution in [1.82, 2.24) is 9.80 Å². The van der Waals surface area contributed by atoms with E-state index < -0.39 is 0 Å². The number of ether oxygens (including phenoxy) is 1. The Bertz CT molecular complexity index is 788.